The molecular formula is C15H19N3. The number of hydrogen-bond donors (Lipinski definition) is 1. The number of aryl methyl sites for hydroxylation is 1. The van der Waals surface area contributed by atoms with Crippen LogP contribution in [0.5, 0.6) is 0 Å². The summed E-state index contributed by atoms with van der Waals surface area (Å²) in [6, 6.07) is 8.40. The molecule has 3 nitrogen and oxygen atoms in total. The van der Waals surface area contributed by atoms with Gasteiger partial charge in [0.05, 0.1) is 11.9 Å². The average Bonchev–Trinajstić information content (AvgIpc) is 2.83. The fraction of sp³-hybridized carbons (Fsp3) is 0.400. The van der Waals surface area contributed by atoms with Gasteiger partial charge in [-0.3, -0.25) is 0 Å². The third-order valence-electron chi connectivity index (χ3n) is 3.94. The molecule has 1 heterocycles. The van der Waals surface area contributed by atoms with Crippen LogP contribution in [0, 0.1) is 6.92 Å². The molecule has 1 aromatic carbocycles. The summed E-state index contributed by atoms with van der Waals surface area (Å²) in [6.07, 6.45) is 5.54. The normalized spacial score (nSPS) is 18.7. The highest BCUT2D eigenvalue weighted by atomic mass is 15.3. The topological polar surface area (TPSA) is 43.8 Å². The Labute approximate surface area is 108 Å². The second-order valence-electron chi connectivity index (χ2n) is 5.07. The zero-order chi connectivity index (χ0) is 12.5. The van der Waals surface area contributed by atoms with Crippen molar-refractivity contribution in [1.29, 1.82) is 0 Å². The Balaban J connectivity index is 2.10. The van der Waals surface area contributed by atoms with Crippen molar-refractivity contribution in [2.45, 2.75) is 32.1 Å². The van der Waals surface area contributed by atoms with Crippen molar-refractivity contribution in [3.05, 3.63) is 47.3 Å². The maximum atomic E-state index is 5.86. The maximum absolute atomic E-state index is 5.86. The van der Waals surface area contributed by atoms with E-state index in [-0.39, 0.29) is 0 Å². The van der Waals surface area contributed by atoms with Gasteiger partial charge in [-0.25, -0.2) is 4.68 Å². The summed E-state index contributed by atoms with van der Waals surface area (Å²) in [5.74, 6) is 0.492. The third-order valence-corrected chi connectivity index (χ3v) is 3.94. The van der Waals surface area contributed by atoms with Gasteiger partial charge in [0.2, 0.25) is 0 Å². The zero-order valence-electron chi connectivity index (χ0n) is 10.8. The number of nitrogens with two attached hydrogens (primary N) is 1. The maximum Gasteiger partial charge on any atom is 0.0678 e. The molecule has 18 heavy (non-hydrogen) atoms. The highest BCUT2D eigenvalue weighted by molar-refractivity contribution is 5.43. The SMILES string of the molecule is Cc1ccccc1-n1ncc2c1CCCC2CN. The van der Waals surface area contributed by atoms with Crippen molar-refractivity contribution in [2.24, 2.45) is 5.73 Å². The van der Waals surface area contributed by atoms with Gasteiger partial charge < -0.3 is 5.73 Å². The third kappa shape index (κ3) is 1.75. The van der Waals surface area contributed by atoms with E-state index in [9.17, 15) is 0 Å². The van der Waals surface area contributed by atoms with E-state index in [1.54, 1.807) is 0 Å². The van der Waals surface area contributed by atoms with E-state index in [0.717, 1.165) is 13.0 Å². The zero-order valence-corrected chi connectivity index (χ0v) is 10.8. The van der Waals surface area contributed by atoms with Gasteiger partial charge in [0, 0.05) is 5.69 Å². The predicted octanol–water partition coefficient (Wildman–Crippen LogP) is 2.56. The molecule has 0 amide bonds. The minimum absolute atomic E-state index is 0.492. The number of benzene rings is 1. The van der Waals surface area contributed by atoms with Gasteiger partial charge >= 0.3 is 0 Å². The molecule has 1 atom stereocenters. The van der Waals surface area contributed by atoms with Crippen molar-refractivity contribution in [2.75, 3.05) is 6.54 Å². The van der Waals surface area contributed by atoms with Crippen molar-refractivity contribution in [3.8, 4) is 5.69 Å². The van der Waals surface area contributed by atoms with Crippen LogP contribution in [0.3, 0.4) is 0 Å². The molecule has 94 valence electrons. The molecule has 2 N–H and O–H groups in total. The van der Waals surface area contributed by atoms with E-state index < -0.39 is 0 Å². The molecule has 3 rings (SSSR count). The van der Waals surface area contributed by atoms with Gasteiger partial charge in [0.15, 0.2) is 0 Å². The Kier molecular flexibility index (Phi) is 2.92. The molecule has 0 radical (unpaired) electrons. The van der Waals surface area contributed by atoms with E-state index in [0.29, 0.717) is 5.92 Å². The fourth-order valence-corrected chi connectivity index (χ4v) is 2.90. The van der Waals surface area contributed by atoms with Crippen LogP contribution in [0.4, 0.5) is 0 Å². The highest BCUT2D eigenvalue weighted by Crippen LogP contribution is 2.32. The molecule has 0 spiro atoms. The largest absolute Gasteiger partial charge is 0.330 e. The van der Waals surface area contributed by atoms with Crippen molar-refractivity contribution in [1.82, 2.24) is 9.78 Å². The lowest BCUT2D eigenvalue weighted by Gasteiger charge is -2.22. The number of rotatable bonds is 2. The molecule has 1 aromatic heterocycles. The van der Waals surface area contributed by atoms with Gasteiger partial charge in [-0.2, -0.15) is 5.10 Å². The van der Waals surface area contributed by atoms with E-state index in [1.807, 2.05) is 6.20 Å². The Bertz CT molecular complexity index is 557. The van der Waals surface area contributed by atoms with Gasteiger partial charge in [-0.1, -0.05) is 18.2 Å². The number of nitrogens with zero attached hydrogens (tertiary/aromatic N) is 2. The van der Waals surface area contributed by atoms with E-state index in [2.05, 4.69) is 41.0 Å². The van der Waals surface area contributed by atoms with Crippen LogP contribution >= 0.6 is 0 Å². The Morgan fingerprint density at radius 1 is 1.39 bits per heavy atom. The second kappa shape index (κ2) is 4.58. The summed E-state index contributed by atoms with van der Waals surface area (Å²) in [5, 5.41) is 4.59. The molecule has 2 aromatic rings. The van der Waals surface area contributed by atoms with Crippen LogP contribution in [0.2, 0.25) is 0 Å². The van der Waals surface area contributed by atoms with Crippen LogP contribution in [-0.4, -0.2) is 16.3 Å². The molecule has 0 aliphatic heterocycles. The van der Waals surface area contributed by atoms with Crippen molar-refractivity contribution < 1.29 is 0 Å². The quantitative estimate of drug-likeness (QED) is 0.878. The summed E-state index contributed by atoms with van der Waals surface area (Å²) < 4.78 is 2.10. The van der Waals surface area contributed by atoms with E-state index >= 15 is 0 Å². The molecule has 3 heteroatoms. The standard InChI is InChI=1S/C15H19N3/c1-11-5-2-3-7-14(11)18-15-8-4-6-12(9-16)13(15)10-17-18/h2-3,5,7,10,12H,4,6,8-9,16H2,1H3. The highest BCUT2D eigenvalue weighted by Gasteiger charge is 2.23. The minimum Gasteiger partial charge on any atom is -0.330 e. The fourth-order valence-electron chi connectivity index (χ4n) is 2.90. The molecular weight excluding hydrogens is 222 g/mol. The van der Waals surface area contributed by atoms with Gasteiger partial charge in [0.25, 0.3) is 0 Å². The number of para-hydroxylation sites is 1. The molecule has 1 unspecified atom stereocenters. The van der Waals surface area contributed by atoms with Crippen LogP contribution in [-0.2, 0) is 6.42 Å². The Morgan fingerprint density at radius 2 is 2.22 bits per heavy atom. The van der Waals surface area contributed by atoms with Crippen molar-refractivity contribution in [3.63, 3.8) is 0 Å². The van der Waals surface area contributed by atoms with Crippen LogP contribution < -0.4 is 5.73 Å². The first kappa shape index (κ1) is 11.5. The lowest BCUT2D eigenvalue weighted by Crippen LogP contribution is -2.18. The van der Waals surface area contributed by atoms with E-state index in [4.69, 9.17) is 5.73 Å². The molecule has 0 fully saturated rings. The first-order chi connectivity index (χ1) is 8.81. The lowest BCUT2D eigenvalue weighted by molar-refractivity contribution is 0.549. The Morgan fingerprint density at radius 3 is 3.00 bits per heavy atom. The summed E-state index contributed by atoms with van der Waals surface area (Å²) >= 11 is 0. The summed E-state index contributed by atoms with van der Waals surface area (Å²) in [5.41, 5.74) is 11.0. The molecule has 1 aliphatic carbocycles. The summed E-state index contributed by atoms with van der Waals surface area (Å²) in [7, 11) is 0. The number of aromatic nitrogens is 2. The van der Waals surface area contributed by atoms with Gasteiger partial charge in [0.1, 0.15) is 0 Å². The molecule has 0 saturated heterocycles. The number of fused-ring (bicyclic) bond motifs is 1. The average molecular weight is 241 g/mol. The summed E-state index contributed by atoms with van der Waals surface area (Å²) in [6.45, 7) is 2.86. The monoisotopic (exact) mass is 241 g/mol. The smallest absolute Gasteiger partial charge is 0.0678 e. The predicted molar refractivity (Wildman–Crippen MR) is 73.0 cm³/mol. The van der Waals surface area contributed by atoms with Crippen LogP contribution in [0.1, 0.15) is 35.6 Å². The van der Waals surface area contributed by atoms with Gasteiger partial charge in [-0.15, -0.1) is 0 Å². The van der Waals surface area contributed by atoms with Gasteiger partial charge in [-0.05, 0) is 55.8 Å². The first-order valence-electron chi connectivity index (χ1n) is 6.64. The van der Waals surface area contributed by atoms with Crippen LogP contribution in [0.15, 0.2) is 30.5 Å². The molecule has 1 aliphatic rings. The molecule has 0 bridgehead atoms. The summed E-state index contributed by atoms with van der Waals surface area (Å²) in [4.78, 5) is 0. The van der Waals surface area contributed by atoms with Crippen LogP contribution in [0.25, 0.3) is 5.69 Å². The Hall–Kier alpha value is -1.61. The molecule has 0 saturated carbocycles. The lowest BCUT2D eigenvalue weighted by atomic mass is 9.87. The minimum atomic E-state index is 0.492. The first-order valence-corrected chi connectivity index (χ1v) is 6.64. The second-order valence-corrected chi connectivity index (χ2v) is 5.07. The number of hydrogen-bond acceptors (Lipinski definition) is 2. The van der Waals surface area contributed by atoms with E-state index in [1.165, 1.54) is 35.3 Å². The van der Waals surface area contributed by atoms with Crippen molar-refractivity contribution >= 4 is 0 Å².